The Labute approximate surface area is 67.5 Å². The molecule has 56 valence electrons. The molecule has 0 radical (unpaired) electrons. The molecule has 0 amide bonds. The molecule has 2 heteroatoms. The molecule has 0 aliphatic heterocycles. The molecule has 0 aliphatic rings. The predicted molar refractivity (Wildman–Crippen MR) is 46.8 cm³/mol. The van der Waals surface area contributed by atoms with Crippen molar-refractivity contribution >= 4 is 12.6 Å². The normalized spacial score (nSPS) is 10.9. The molecule has 1 heterocycles. The summed E-state index contributed by atoms with van der Waals surface area (Å²) in [6, 6.07) is 2.60. The second-order valence-corrected chi connectivity index (χ2v) is 3.25. The Hall–Kier alpha value is -0.370. The molecule has 1 nitrogen and oxygen atoms in total. The zero-order chi connectivity index (χ0) is 7.72. The first-order chi connectivity index (χ1) is 4.63. The van der Waals surface area contributed by atoms with Crippen LogP contribution in [0.25, 0.3) is 0 Å². The Kier molecular flexibility index (Phi) is 2.09. The number of thiol groups is 1. The Balaban J connectivity index is 3.05. The molecule has 1 rings (SSSR count). The third kappa shape index (κ3) is 1.21. The van der Waals surface area contributed by atoms with Crippen LogP contribution in [0.3, 0.4) is 0 Å². The molecule has 0 saturated carbocycles. The zero-order valence-corrected chi connectivity index (χ0v) is 7.52. The highest BCUT2D eigenvalue weighted by Crippen LogP contribution is 2.18. The first-order valence-corrected chi connectivity index (χ1v) is 3.94. The fourth-order valence-electron chi connectivity index (χ4n) is 0.958. The Morgan fingerprint density at radius 2 is 2.10 bits per heavy atom. The van der Waals surface area contributed by atoms with Gasteiger partial charge < -0.3 is 4.57 Å². The second-order valence-electron chi connectivity index (χ2n) is 2.82. The smallest absolute Gasteiger partial charge is 0.0749 e. The predicted octanol–water partition coefficient (Wildman–Crippen LogP) is 2.67. The van der Waals surface area contributed by atoms with Gasteiger partial charge in [-0.3, -0.25) is 0 Å². The van der Waals surface area contributed by atoms with Crippen LogP contribution in [-0.2, 0) is 0 Å². The summed E-state index contributed by atoms with van der Waals surface area (Å²) < 4.78 is 2.15. The van der Waals surface area contributed by atoms with Crippen molar-refractivity contribution in [1.29, 1.82) is 0 Å². The minimum absolute atomic E-state index is 0.515. The van der Waals surface area contributed by atoms with E-state index >= 15 is 0 Å². The van der Waals surface area contributed by atoms with E-state index in [9.17, 15) is 0 Å². The van der Waals surface area contributed by atoms with Gasteiger partial charge in [-0.1, -0.05) is 0 Å². The zero-order valence-electron chi connectivity index (χ0n) is 6.63. The van der Waals surface area contributed by atoms with Gasteiger partial charge in [-0.15, -0.1) is 12.6 Å². The quantitative estimate of drug-likeness (QED) is 0.595. The van der Waals surface area contributed by atoms with Crippen molar-refractivity contribution in [2.45, 2.75) is 31.8 Å². The molecule has 0 atom stereocenters. The Morgan fingerprint density at radius 1 is 1.50 bits per heavy atom. The fraction of sp³-hybridized carbons (Fsp3) is 0.500. The molecule has 1 aromatic heterocycles. The maximum atomic E-state index is 4.36. The van der Waals surface area contributed by atoms with E-state index in [0.717, 1.165) is 5.03 Å². The average Bonchev–Trinajstić information content (AvgIpc) is 2.14. The molecule has 0 spiro atoms. The summed E-state index contributed by atoms with van der Waals surface area (Å²) in [4.78, 5) is 0. The molecular formula is C8H13NS. The molecule has 10 heavy (non-hydrogen) atoms. The number of rotatable bonds is 1. The number of nitrogens with zero attached hydrogens (tertiary/aromatic N) is 1. The number of aryl methyl sites for hydroxylation is 1. The number of aromatic nitrogens is 1. The van der Waals surface area contributed by atoms with Crippen LogP contribution in [0.5, 0.6) is 0 Å². The van der Waals surface area contributed by atoms with Gasteiger partial charge >= 0.3 is 0 Å². The van der Waals surface area contributed by atoms with Crippen LogP contribution < -0.4 is 0 Å². The van der Waals surface area contributed by atoms with Crippen LogP contribution in [-0.4, -0.2) is 4.57 Å². The molecule has 1 aromatic rings. The van der Waals surface area contributed by atoms with E-state index in [1.807, 2.05) is 0 Å². The van der Waals surface area contributed by atoms with Crippen LogP contribution in [0.15, 0.2) is 17.3 Å². The molecule has 0 unspecified atom stereocenters. The summed E-state index contributed by atoms with van der Waals surface area (Å²) in [5.74, 6) is 0. The van der Waals surface area contributed by atoms with E-state index in [4.69, 9.17) is 0 Å². The van der Waals surface area contributed by atoms with Crippen molar-refractivity contribution in [3.05, 3.63) is 17.8 Å². The molecule has 0 saturated heterocycles. The summed E-state index contributed by atoms with van der Waals surface area (Å²) >= 11 is 4.36. The summed E-state index contributed by atoms with van der Waals surface area (Å²) in [5, 5.41) is 1.08. The van der Waals surface area contributed by atoms with Gasteiger partial charge in [-0.25, -0.2) is 0 Å². The lowest BCUT2D eigenvalue weighted by atomic mass is 10.4. The van der Waals surface area contributed by atoms with Crippen molar-refractivity contribution in [2.24, 2.45) is 0 Å². The van der Waals surface area contributed by atoms with Crippen molar-refractivity contribution in [1.82, 2.24) is 4.57 Å². The largest absolute Gasteiger partial charge is 0.340 e. The minimum Gasteiger partial charge on any atom is -0.340 e. The van der Waals surface area contributed by atoms with Crippen molar-refractivity contribution in [3.63, 3.8) is 0 Å². The summed E-state index contributed by atoms with van der Waals surface area (Å²) in [6.07, 6.45) is 2.07. The van der Waals surface area contributed by atoms with Gasteiger partial charge in [0.15, 0.2) is 0 Å². The van der Waals surface area contributed by atoms with Gasteiger partial charge in [-0.05, 0) is 32.4 Å². The van der Waals surface area contributed by atoms with E-state index in [-0.39, 0.29) is 0 Å². The lowest BCUT2D eigenvalue weighted by Crippen LogP contribution is -1.98. The SMILES string of the molecule is Cc1ccn(C(C)C)c1S. The lowest BCUT2D eigenvalue weighted by molar-refractivity contribution is 0.560. The van der Waals surface area contributed by atoms with E-state index in [0.29, 0.717) is 6.04 Å². The average molecular weight is 155 g/mol. The Bertz CT molecular complexity index is 225. The van der Waals surface area contributed by atoms with E-state index in [1.54, 1.807) is 0 Å². The third-order valence-corrected chi connectivity index (χ3v) is 2.22. The maximum Gasteiger partial charge on any atom is 0.0749 e. The highest BCUT2D eigenvalue weighted by molar-refractivity contribution is 7.80. The molecule has 0 aliphatic carbocycles. The van der Waals surface area contributed by atoms with Gasteiger partial charge in [0.05, 0.1) is 5.03 Å². The maximum absolute atomic E-state index is 4.36. The number of hydrogen-bond donors (Lipinski definition) is 1. The van der Waals surface area contributed by atoms with Crippen LogP contribution in [0.2, 0.25) is 0 Å². The summed E-state index contributed by atoms with van der Waals surface area (Å²) in [6.45, 7) is 6.37. The first-order valence-electron chi connectivity index (χ1n) is 3.49. The summed E-state index contributed by atoms with van der Waals surface area (Å²) in [5.41, 5.74) is 1.25. The van der Waals surface area contributed by atoms with E-state index in [1.165, 1.54) is 5.56 Å². The fourth-order valence-corrected chi connectivity index (χ4v) is 1.33. The minimum atomic E-state index is 0.515. The van der Waals surface area contributed by atoms with Gasteiger partial charge in [0, 0.05) is 12.2 Å². The second kappa shape index (κ2) is 2.70. The van der Waals surface area contributed by atoms with E-state index < -0.39 is 0 Å². The van der Waals surface area contributed by atoms with Crippen molar-refractivity contribution in [2.75, 3.05) is 0 Å². The van der Waals surface area contributed by atoms with Crippen LogP contribution in [0.4, 0.5) is 0 Å². The highest BCUT2D eigenvalue weighted by atomic mass is 32.1. The lowest BCUT2D eigenvalue weighted by Gasteiger charge is -2.08. The topological polar surface area (TPSA) is 4.93 Å². The molecule has 0 N–H and O–H groups in total. The van der Waals surface area contributed by atoms with Crippen LogP contribution >= 0.6 is 12.6 Å². The third-order valence-electron chi connectivity index (χ3n) is 1.64. The van der Waals surface area contributed by atoms with E-state index in [2.05, 4.69) is 50.2 Å². The van der Waals surface area contributed by atoms with Gasteiger partial charge in [-0.2, -0.15) is 0 Å². The van der Waals surface area contributed by atoms with Gasteiger partial charge in [0.1, 0.15) is 0 Å². The van der Waals surface area contributed by atoms with Crippen molar-refractivity contribution in [3.8, 4) is 0 Å². The van der Waals surface area contributed by atoms with Crippen molar-refractivity contribution < 1.29 is 0 Å². The van der Waals surface area contributed by atoms with Crippen LogP contribution in [0, 0.1) is 6.92 Å². The van der Waals surface area contributed by atoms with Crippen LogP contribution in [0.1, 0.15) is 25.5 Å². The number of hydrogen-bond acceptors (Lipinski definition) is 1. The molecular weight excluding hydrogens is 142 g/mol. The Morgan fingerprint density at radius 3 is 2.30 bits per heavy atom. The first kappa shape index (κ1) is 7.73. The summed E-state index contributed by atoms with van der Waals surface area (Å²) in [7, 11) is 0. The highest BCUT2D eigenvalue weighted by Gasteiger charge is 2.02. The monoisotopic (exact) mass is 155 g/mol. The molecule has 0 aromatic carbocycles. The van der Waals surface area contributed by atoms with Gasteiger partial charge in [0.2, 0.25) is 0 Å². The van der Waals surface area contributed by atoms with Gasteiger partial charge in [0.25, 0.3) is 0 Å². The molecule has 0 bridgehead atoms. The standard InChI is InChI=1S/C8H13NS/c1-6(2)9-5-4-7(3)8(9)10/h4-6,10H,1-3H3. The molecule has 0 fully saturated rings.